The number of aromatic nitrogens is 1. The van der Waals surface area contributed by atoms with Crippen LogP contribution in [-0.4, -0.2) is 37.1 Å². The smallest absolute Gasteiger partial charge is 0.191 e. The molecule has 1 aromatic heterocycles. The van der Waals surface area contributed by atoms with Crippen LogP contribution >= 0.6 is 35.3 Å². The van der Waals surface area contributed by atoms with Crippen molar-refractivity contribution < 1.29 is 0 Å². The third-order valence-electron chi connectivity index (χ3n) is 4.60. The molecule has 2 heterocycles. The Hall–Kier alpha value is -1.35. The lowest BCUT2D eigenvalue weighted by atomic mass is 10.0. The summed E-state index contributed by atoms with van der Waals surface area (Å²) in [5.41, 5.74) is 2.43. The van der Waals surface area contributed by atoms with E-state index < -0.39 is 0 Å². The summed E-state index contributed by atoms with van der Waals surface area (Å²) in [6.07, 6.45) is 2.24. The van der Waals surface area contributed by atoms with Crippen molar-refractivity contribution in [2.75, 3.05) is 25.0 Å². The van der Waals surface area contributed by atoms with E-state index in [1.165, 1.54) is 10.6 Å². The lowest BCUT2D eigenvalue weighted by molar-refractivity contribution is 0.461. The summed E-state index contributed by atoms with van der Waals surface area (Å²) < 4.78 is 0. The van der Waals surface area contributed by atoms with Crippen LogP contribution in [0.2, 0.25) is 0 Å². The van der Waals surface area contributed by atoms with Gasteiger partial charge in [-0.05, 0) is 38.8 Å². The fourth-order valence-corrected chi connectivity index (χ4v) is 4.09. The first-order valence-corrected chi connectivity index (χ1v) is 9.67. The van der Waals surface area contributed by atoms with Gasteiger partial charge in [-0.2, -0.15) is 0 Å². The molecular formula is C19H28IN5S. The Morgan fingerprint density at radius 1 is 1.23 bits per heavy atom. The maximum atomic E-state index is 4.48. The van der Waals surface area contributed by atoms with Crippen LogP contribution in [0.5, 0.6) is 0 Å². The Kier molecular flexibility index (Phi) is 8.15. The van der Waals surface area contributed by atoms with Crippen LogP contribution in [0.3, 0.4) is 0 Å². The van der Waals surface area contributed by atoms with Crippen LogP contribution in [0.15, 0.2) is 35.3 Å². The first-order valence-electron chi connectivity index (χ1n) is 8.86. The second-order valence-electron chi connectivity index (χ2n) is 6.41. The molecule has 1 fully saturated rings. The number of benzene rings is 1. The van der Waals surface area contributed by atoms with Gasteiger partial charge in [-0.25, -0.2) is 4.98 Å². The van der Waals surface area contributed by atoms with Gasteiger partial charge in [0.05, 0.1) is 17.2 Å². The van der Waals surface area contributed by atoms with E-state index in [0.717, 1.165) is 49.1 Å². The number of nitrogens with zero attached hydrogens (tertiary/aromatic N) is 3. The molecule has 2 N–H and O–H groups in total. The zero-order chi connectivity index (χ0) is 17.6. The van der Waals surface area contributed by atoms with E-state index in [1.807, 2.05) is 7.05 Å². The van der Waals surface area contributed by atoms with E-state index in [1.54, 1.807) is 11.3 Å². The summed E-state index contributed by atoms with van der Waals surface area (Å²) in [5.74, 6) is 0.878. The number of guanidine groups is 1. The predicted octanol–water partition coefficient (Wildman–Crippen LogP) is 3.71. The largest absolute Gasteiger partial charge is 0.371 e. The molecule has 0 aliphatic carbocycles. The zero-order valence-corrected chi connectivity index (χ0v) is 18.8. The van der Waals surface area contributed by atoms with E-state index in [-0.39, 0.29) is 24.0 Å². The van der Waals surface area contributed by atoms with Crippen molar-refractivity contribution in [2.45, 2.75) is 39.3 Å². The third-order valence-corrected chi connectivity index (χ3v) is 5.67. The van der Waals surface area contributed by atoms with Crippen molar-refractivity contribution in [3.05, 3.63) is 45.9 Å². The summed E-state index contributed by atoms with van der Waals surface area (Å²) in [5, 5.41) is 8.11. The van der Waals surface area contributed by atoms with Gasteiger partial charge in [0.1, 0.15) is 0 Å². The first-order chi connectivity index (χ1) is 12.2. The number of thiazole rings is 1. The van der Waals surface area contributed by atoms with Crippen molar-refractivity contribution in [2.24, 2.45) is 4.99 Å². The fraction of sp³-hybridized carbons (Fsp3) is 0.474. The molecular weight excluding hydrogens is 457 g/mol. The van der Waals surface area contributed by atoms with Crippen LogP contribution < -0.4 is 15.5 Å². The van der Waals surface area contributed by atoms with Gasteiger partial charge in [0.25, 0.3) is 0 Å². The molecule has 26 heavy (non-hydrogen) atoms. The number of nitrogens with one attached hydrogen (secondary N) is 2. The standard InChI is InChI=1S/C19H27N5S.HI/c1-14-18(25-15(2)22-14)13-21-19(20-3)23-16-9-11-24(12-10-16)17-7-5-4-6-8-17;/h4-8,16H,9-13H2,1-3H3,(H2,20,21,23);1H. The molecule has 7 heteroatoms. The van der Waals surface area contributed by atoms with Crippen molar-refractivity contribution in [3.8, 4) is 0 Å². The van der Waals surface area contributed by atoms with Gasteiger partial charge in [0.15, 0.2) is 5.96 Å². The molecule has 142 valence electrons. The number of rotatable bonds is 4. The van der Waals surface area contributed by atoms with Gasteiger partial charge < -0.3 is 15.5 Å². The first kappa shape index (κ1) is 21.0. The molecule has 1 aliphatic heterocycles. The number of piperidine rings is 1. The molecule has 2 aromatic rings. The maximum absolute atomic E-state index is 4.48. The summed E-state index contributed by atoms with van der Waals surface area (Å²) in [4.78, 5) is 12.6. The average molecular weight is 485 g/mol. The monoisotopic (exact) mass is 485 g/mol. The van der Waals surface area contributed by atoms with E-state index >= 15 is 0 Å². The third kappa shape index (κ3) is 5.57. The number of para-hydroxylation sites is 1. The van der Waals surface area contributed by atoms with E-state index in [0.29, 0.717) is 6.04 Å². The van der Waals surface area contributed by atoms with Crippen molar-refractivity contribution in [3.63, 3.8) is 0 Å². The molecule has 0 spiro atoms. The topological polar surface area (TPSA) is 52.6 Å². The SMILES string of the molecule is CN=C(NCc1sc(C)nc1C)NC1CCN(c2ccccc2)CC1.I. The van der Waals surface area contributed by atoms with Crippen LogP contribution in [-0.2, 0) is 6.54 Å². The maximum Gasteiger partial charge on any atom is 0.191 e. The molecule has 0 saturated carbocycles. The Bertz CT molecular complexity index is 708. The van der Waals surface area contributed by atoms with Gasteiger partial charge in [-0.3, -0.25) is 4.99 Å². The van der Waals surface area contributed by atoms with Gasteiger partial charge in [-0.1, -0.05) is 18.2 Å². The molecule has 0 atom stereocenters. The zero-order valence-electron chi connectivity index (χ0n) is 15.7. The minimum absolute atomic E-state index is 0. The highest BCUT2D eigenvalue weighted by Gasteiger charge is 2.20. The summed E-state index contributed by atoms with van der Waals surface area (Å²) in [7, 11) is 1.83. The Balaban J connectivity index is 0.00000243. The van der Waals surface area contributed by atoms with Crippen LogP contribution in [0.1, 0.15) is 28.4 Å². The second-order valence-corrected chi connectivity index (χ2v) is 7.70. The second kappa shape index (κ2) is 10.1. The highest BCUT2D eigenvalue weighted by atomic mass is 127. The Labute approximate surface area is 177 Å². The Morgan fingerprint density at radius 2 is 1.92 bits per heavy atom. The van der Waals surface area contributed by atoms with Crippen molar-refractivity contribution >= 4 is 47.0 Å². The summed E-state index contributed by atoms with van der Waals surface area (Å²) in [6, 6.07) is 11.1. The highest BCUT2D eigenvalue weighted by molar-refractivity contribution is 14.0. The lowest BCUT2D eigenvalue weighted by Crippen LogP contribution is -2.48. The molecule has 0 bridgehead atoms. The lowest BCUT2D eigenvalue weighted by Gasteiger charge is -2.34. The van der Waals surface area contributed by atoms with Crippen LogP contribution in [0, 0.1) is 13.8 Å². The Morgan fingerprint density at radius 3 is 2.50 bits per heavy atom. The molecule has 1 aliphatic rings. The molecule has 5 nitrogen and oxygen atoms in total. The quantitative estimate of drug-likeness (QED) is 0.394. The average Bonchev–Trinajstić information content (AvgIpc) is 2.97. The molecule has 3 rings (SSSR count). The van der Waals surface area contributed by atoms with Crippen LogP contribution in [0.25, 0.3) is 0 Å². The van der Waals surface area contributed by atoms with Gasteiger partial charge >= 0.3 is 0 Å². The van der Waals surface area contributed by atoms with E-state index in [9.17, 15) is 0 Å². The van der Waals surface area contributed by atoms with Crippen molar-refractivity contribution in [1.82, 2.24) is 15.6 Å². The van der Waals surface area contributed by atoms with Crippen molar-refractivity contribution in [1.29, 1.82) is 0 Å². The normalized spacial score (nSPS) is 15.5. The minimum atomic E-state index is 0. The number of halogens is 1. The van der Waals surface area contributed by atoms with Gasteiger partial charge in [0, 0.05) is 36.7 Å². The molecule has 1 aromatic carbocycles. The van der Waals surface area contributed by atoms with Crippen LogP contribution in [0.4, 0.5) is 5.69 Å². The number of aryl methyl sites for hydroxylation is 2. The number of anilines is 1. The number of hydrogen-bond acceptors (Lipinski definition) is 4. The van der Waals surface area contributed by atoms with Gasteiger partial charge in [0.2, 0.25) is 0 Å². The molecule has 0 radical (unpaired) electrons. The fourth-order valence-electron chi connectivity index (χ4n) is 3.21. The summed E-state index contributed by atoms with van der Waals surface area (Å²) in [6.45, 7) is 7.04. The van der Waals surface area contributed by atoms with E-state index in [4.69, 9.17) is 0 Å². The van der Waals surface area contributed by atoms with E-state index in [2.05, 4.69) is 69.7 Å². The molecule has 0 unspecified atom stereocenters. The minimum Gasteiger partial charge on any atom is -0.371 e. The molecule has 0 amide bonds. The van der Waals surface area contributed by atoms with Gasteiger partial charge in [-0.15, -0.1) is 35.3 Å². The number of aliphatic imine (C=N–C) groups is 1. The highest BCUT2D eigenvalue weighted by Crippen LogP contribution is 2.19. The predicted molar refractivity (Wildman–Crippen MR) is 122 cm³/mol. The molecule has 1 saturated heterocycles. The summed E-state index contributed by atoms with van der Waals surface area (Å²) >= 11 is 1.75. The number of hydrogen-bond donors (Lipinski definition) is 2.